The summed E-state index contributed by atoms with van der Waals surface area (Å²) in [4.78, 5) is 15.3. The van der Waals surface area contributed by atoms with Crippen molar-refractivity contribution in [1.29, 1.82) is 0 Å². The van der Waals surface area contributed by atoms with Gasteiger partial charge in [0, 0.05) is 0 Å². The molecule has 0 radical (unpaired) electrons. The van der Waals surface area contributed by atoms with Crippen molar-refractivity contribution in [3.8, 4) is 0 Å². The molecule has 0 bridgehead atoms. The van der Waals surface area contributed by atoms with Gasteiger partial charge in [0.05, 0.1) is 0 Å². The molecule has 1 spiro atoms. The Morgan fingerprint density at radius 1 is 1.36 bits per heavy atom. The fourth-order valence-electron chi connectivity index (χ4n) is 3.20. The molecule has 22 heavy (non-hydrogen) atoms. The Kier molecular flexibility index (Phi) is 3.58. The van der Waals surface area contributed by atoms with Gasteiger partial charge in [-0.05, 0) is 0 Å². The van der Waals surface area contributed by atoms with Crippen molar-refractivity contribution in [3.63, 3.8) is 0 Å². The quantitative estimate of drug-likeness (QED) is 0.398. The molecule has 1 aliphatic carbocycles. The van der Waals surface area contributed by atoms with E-state index in [2.05, 4.69) is 30.6 Å². The number of nitro groups is 1. The number of nitrogens with zero attached hydrogens (tertiary/aromatic N) is 3. The minimum atomic E-state index is -0.412. The SMILES string of the molecule is CC(C)=BN1CCN(c2ccc(N)c([N+](=O)[O-])c2)CC12CC2. The fraction of sp³-hybridized carbons (Fsp3) is 0.533. The summed E-state index contributed by atoms with van der Waals surface area (Å²) in [5.74, 6) is 0. The van der Waals surface area contributed by atoms with Crippen LogP contribution < -0.4 is 10.6 Å². The predicted octanol–water partition coefficient (Wildman–Crippen LogP) is 1.66. The van der Waals surface area contributed by atoms with Crippen LogP contribution in [-0.2, 0) is 0 Å². The molecule has 1 aromatic rings. The molecular weight excluding hydrogens is 279 g/mol. The average molecular weight is 300 g/mol. The van der Waals surface area contributed by atoms with Gasteiger partial charge in [-0.15, -0.1) is 0 Å². The molecule has 2 N–H and O–H groups in total. The van der Waals surface area contributed by atoms with E-state index in [1.165, 1.54) is 18.3 Å². The van der Waals surface area contributed by atoms with E-state index >= 15 is 0 Å². The van der Waals surface area contributed by atoms with Crippen LogP contribution in [-0.4, -0.2) is 47.4 Å². The molecule has 3 rings (SSSR count). The second kappa shape index (κ2) is 5.30. The van der Waals surface area contributed by atoms with E-state index in [-0.39, 0.29) is 16.9 Å². The second-order valence-corrected chi connectivity index (χ2v) is 6.55. The van der Waals surface area contributed by atoms with E-state index in [1.807, 2.05) is 6.07 Å². The predicted molar refractivity (Wildman–Crippen MR) is 90.5 cm³/mol. The maximum atomic E-state index is 11.1. The average Bonchev–Trinajstić information content (AvgIpc) is 3.21. The molecule has 0 unspecified atom stereocenters. The molecule has 7 heteroatoms. The topological polar surface area (TPSA) is 75.6 Å². The van der Waals surface area contributed by atoms with Crippen LogP contribution in [0.5, 0.6) is 0 Å². The van der Waals surface area contributed by atoms with Crippen LogP contribution in [0.25, 0.3) is 0 Å². The van der Waals surface area contributed by atoms with Gasteiger partial charge in [-0.1, -0.05) is 0 Å². The second-order valence-electron chi connectivity index (χ2n) is 6.55. The first-order valence-corrected chi connectivity index (χ1v) is 7.62. The number of piperazine rings is 1. The van der Waals surface area contributed by atoms with Crippen molar-refractivity contribution in [2.75, 3.05) is 30.3 Å². The number of benzene rings is 1. The molecule has 2 aliphatic rings. The number of nitrogens with two attached hydrogens (primary N) is 1. The monoisotopic (exact) mass is 300 g/mol. The summed E-state index contributed by atoms with van der Waals surface area (Å²) in [6.07, 6.45) is 2.37. The minimum absolute atomic E-state index is 0.00549. The van der Waals surface area contributed by atoms with E-state index in [0.29, 0.717) is 0 Å². The fourth-order valence-corrected chi connectivity index (χ4v) is 3.20. The van der Waals surface area contributed by atoms with E-state index in [9.17, 15) is 10.1 Å². The molecule has 116 valence electrons. The molecule has 1 saturated heterocycles. The first-order chi connectivity index (χ1) is 10.4. The third kappa shape index (κ3) is 2.67. The molecular formula is C15H21BN4O2. The molecule has 0 aromatic heterocycles. The van der Waals surface area contributed by atoms with Crippen LogP contribution >= 0.6 is 0 Å². The van der Waals surface area contributed by atoms with E-state index < -0.39 is 4.92 Å². The molecule has 1 aromatic carbocycles. The van der Waals surface area contributed by atoms with Gasteiger partial charge < -0.3 is 0 Å². The first kappa shape index (κ1) is 14.9. The molecule has 1 saturated carbocycles. The zero-order valence-corrected chi connectivity index (χ0v) is 13.1. The Morgan fingerprint density at radius 2 is 2.09 bits per heavy atom. The number of hydrogen-bond acceptors (Lipinski definition) is 5. The standard InChI is InChI=1S/C15H21BN4O2/c1-11(2)16-19-8-7-18(10-15(19)5-6-15)12-3-4-13(17)14(9-12)20(21)22/h3-4,9H,5-8,10,17H2,1-2H3. The van der Waals surface area contributed by atoms with Gasteiger partial charge in [-0.3, -0.25) is 0 Å². The van der Waals surface area contributed by atoms with Crippen LogP contribution in [0.4, 0.5) is 17.1 Å². The van der Waals surface area contributed by atoms with Crippen molar-refractivity contribution < 1.29 is 4.92 Å². The van der Waals surface area contributed by atoms with Crippen molar-refractivity contribution >= 4 is 29.6 Å². The number of rotatable bonds is 3. The summed E-state index contributed by atoms with van der Waals surface area (Å²) < 4.78 is 0. The van der Waals surface area contributed by atoms with Crippen LogP contribution in [0.2, 0.25) is 0 Å². The normalized spacial score (nSPS) is 19.0. The third-order valence-corrected chi connectivity index (χ3v) is 4.52. The molecule has 0 atom stereocenters. The van der Waals surface area contributed by atoms with E-state index in [4.69, 9.17) is 5.73 Å². The third-order valence-electron chi connectivity index (χ3n) is 4.52. The number of nitro benzene ring substituents is 1. The van der Waals surface area contributed by atoms with Gasteiger partial charge in [-0.2, -0.15) is 0 Å². The molecule has 2 fully saturated rings. The molecule has 6 nitrogen and oxygen atoms in total. The summed E-state index contributed by atoms with van der Waals surface area (Å²) in [6, 6.07) is 5.12. The van der Waals surface area contributed by atoms with Gasteiger partial charge in [0.25, 0.3) is 0 Å². The number of nitrogen functional groups attached to an aromatic ring is 1. The Morgan fingerprint density at radius 3 is 2.68 bits per heavy atom. The summed E-state index contributed by atoms with van der Waals surface area (Å²) in [6.45, 7) is 6.96. The van der Waals surface area contributed by atoms with E-state index in [1.54, 1.807) is 12.1 Å². The van der Waals surface area contributed by atoms with Crippen LogP contribution in [0.3, 0.4) is 0 Å². The molecule has 1 heterocycles. The summed E-state index contributed by atoms with van der Waals surface area (Å²) in [5.41, 5.74) is 8.32. The van der Waals surface area contributed by atoms with Crippen molar-refractivity contribution in [3.05, 3.63) is 28.3 Å². The van der Waals surface area contributed by atoms with E-state index in [0.717, 1.165) is 25.3 Å². The van der Waals surface area contributed by atoms with Gasteiger partial charge in [0.2, 0.25) is 0 Å². The Hall–Kier alpha value is -2.05. The van der Waals surface area contributed by atoms with Crippen LogP contribution in [0, 0.1) is 10.1 Å². The first-order valence-electron chi connectivity index (χ1n) is 7.62. The zero-order chi connectivity index (χ0) is 15.9. The van der Waals surface area contributed by atoms with Gasteiger partial charge >= 0.3 is 130 Å². The van der Waals surface area contributed by atoms with Crippen LogP contribution in [0.15, 0.2) is 18.2 Å². The van der Waals surface area contributed by atoms with Crippen molar-refractivity contribution in [1.82, 2.24) is 4.81 Å². The number of anilines is 2. The number of hydrogen-bond donors (Lipinski definition) is 1. The van der Waals surface area contributed by atoms with Gasteiger partial charge in [0.15, 0.2) is 0 Å². The van der Waals surface area contributed by atoms with Gasteiger partial charge in [0.1, 0.15) is 0 Å². The summed E-state index contributed by atoms with van der Waals surface area (Å²) in [5, 5.41) is 11.1. The van der Waals surface area contributed by atoms with Crippen molar-refractivity contribution in [2.45, 2.75) is 32.2 Å². The zero-order valence-electron chi connectivity index (χ0n) is 13.1. The van der Waals surface area contributed by atoms with Crippen molar-refractivity contribution in [2.24, 2.45) is 0 Å². The molecule has 1 aliphatic heterocycles. The molecule has 0 amide bonds. The Labute approximate surface area is 131 Å². The maximum absolute atomic E-state index is 11.1. The van der Waals surface area contributed by atoms with Gasteiger partial charge in [-0.25, -0.2) is 0 Å². The summed E-state index contributed by atoms with van der Waals surface area (Å²) >= 11 is 0. The summed E-state index contributed by atoms with van der Waals surface area (Å²) in [7, 11) is 2.25. The Balaban J connectivity index is 1.82. The Bertz CT molecular complexity index is 638. The van der Waals surface area contributed by atoms with Crippen LogP contribution in [0.1, 0.15) is 26.7 Å².